The van der Waals surface area contributed by atoms with Gasteiger partial charge >= 0.3 is 0 Å². The molecule has 0 spiro atoms. The second-order valence-corrected chi connectivity index (χ2v) is 7.17. The molecule has 1 aromatic carbocycles. The Labute approximate surface area is 135 Å². The zero-order valence-corrected chi connectivity index (χ0v) is 14.1. The Balaban J connectivity index is 1.58. The lowest BCUT2D eigenvalue weighted by Gasteiger charge is -2.17. The standard InChI is InChI=1S/C17H22N2O2S/c1-17(2,20)12-4-8-15(9-5-12)21-10-13-11-22-16(18-13)19(3)14-6-7-14/h4-5,8-9,11,14,20H,6-7,10H2,1-3H3. The van der Waals surface area contributed by atoms with E-state index in [-0.39, 0.29) is 0 Å². The lowest BCUT2D eigenvalue weighted by atomic mass is 9.99. The summed E-state index contributed by atoms with van der Waals surface area (Å²) in [6, 6.07) is 8.23. The molecule has 1 N–H and O–H groups in total. The Kier molecular flexibility index (Phi) is 4.10. The summed E-state index contributed by atoms with van der Waals surface area (Å²) in [4.78, 5) is 6.88. The van der Waals surface area contributed by atoms with Gasteiger partial charge in [0.2, 0.25) is 0 Å². The molecule has 5 heteroatoms. The minimum Gasteiger partial charge on any atom is -0.487 e. The molecule has 118 valence electrons. The summed E-state index contributed by atoms with van der Waals surface area (Å²) in [7, 11) is 2.11. The number of anilines is 1. The van der Waals surface area contributed by atoms with E-state index in [9.17, 15) is 5.11 Å². The summed E-state index contributed by atoms with van der Waals surface area (Å²) < 4.78 is 5.77. The van der Waals surface area contributed by atoms with Crippen LogP contribution >= 0.6 is 11.3 Å². The van der Waals surface area contributed by atoms with Gasteiger partial charge in [0, 0.05) is 18.5 Å². The summed E-state index contributed by atoms with van der Waals surface area (Å²) in [5.41, 5.74) is 1.01. The number of aliphatic hydroxyl groups is 1. The molecule has 0 unspecified atom stereocenters. The fourth-order valence-corrected chi connectivity index (χ4v) is 3.11. The molecule has 3 rings (SSSR count). The zero-order chi connectivity index (χ0) is 15.7. The van der Waals surface area contributed by atoms with Crippen molar-refractivity contribution in [2.75, 3.05) is 11.9 Å². The molecule has 1 aliphatic carbocycles. The number of hydrogen-bond acceptors (Lipinski definition) is 5. The van der Waals surface area contributed by atoms with Crippen molar-refractivity contribution in [1.82, 2.24) is 4.98 Å². The van der Waals surface area contributed by atoms with Gasteiger partial charge in [-0.15, -0.1) is 11.3 Å². The van der Waals surface area contributed by atoms with E-state index in [0.29, 0.717) is 12.6 Å². The van der Waals surface area contributed by atoms with Gasteiger partial charge in [0.1, 0.15) is 12.4 Å². The van der Waals surface area contributed by atoms with Crippen LogP contribution in [0.5, 0.6) is 5.75 Å². The highest BCUT2D eigenvalue weighted by atomic mass is 32.1. The fraction of sp³-hybridized carbons (Fsp3) is 0.471. The normalized spacial score (nSPS) is 14.9. The van der Waals surface area contributed by atoms with E-state index in [4.69, 9.17) is 4.74 Å². The van der Waals surface area contributed by atoms with Gasteiger partial charge in [-0.05, 0) is 44.4 Å². The number of nitrogens with zero attached hydrogens (tertiary/aromatic N) is 2. The maximum Gasteiger partial charge on any atom is 0.185 e. The lowest BCUT2D eigenvalue weighted by molar-refractivity contribution is 0.0785. The highest BCUT2D eigenvalue weighted by molar-refractivity contribution is 7.13. The van der Waals surface area contributed by atoms with E-state index in [2.05, 4.69) is 22.3 Å². The number of benzene rings is 1. The van der Waals surface area contributed by atoms with E-state index in [1.807, 2.05) is 24.3 Å². The topological polar surface area (TPSA) is 45.6 Å². The van der Waals surface area contributed by atoms with E-state index < -0.39 is 5.60 Å². The van der Waals surface area contributed by atoms with Crippen molar-refractivity contribution < 1.29 is 9.84 Å². The van der Waals surface area contributed by atoms with Crippen LogP contribution in [0, 0.1) is 0 Å². The lowest BCUT2D eigenvalue weighted by Crippen LogP contribution is -2.19. The Morgan fingerprint density at radius 3 is 2.59 bits per heavy atom. The number of hydrogen-bond donors (Lipinski definition) is 1. The van der Waals surface area contributed by atoms with Crippen molar-refractivity contribution in [3.63, 3.8) is 0 Å². The third kappa shape index (κ3) is 3.59. The molecule has 0 saturated heterocycles. The van der Waals surface area contributed by atoms with Crippen LogP contribution in [0.15, 0.2) is 29.6 Å². The van der Waals surface area contributed by atoms with Crippen molar-refractivity contribution in [2.45, 2.75) is 44.9 Å². The van der Waals surface area contributed by atoms with Crippen LogP contribution < -0.4 is 9.64 Å². The summed E-state index contributed by atoms with van der Waals surface area (Å²) in [5.74, 6) is 0.790. The smallest absolute Gasteiger partial charge is 0.185 e. The zero-order valence-electron chi connectivity index (χ0n) is 13.2. The number of thiazole rings is 1. The van der Waals surface area contributed by atoms with Crippen LogP contribution in [0.3, 0.4) is 0 Å². The molecule has 1 saturated carbocycles. The molecule has 0 atom stereocenters. The van der Waals surface area contributed by atoms with Gasteiger partial charge in [0.15, 0.2) is 5.13 Å². The van der Waals surface area contributed by atoms with Crippen LogP contribution in [0.4, 0.5) is 5.13 Å². The van der Waals surface area contributed by atoms with E-state index in [1.165, 1.54) is 12.8 Å². The molecule has 22 heavy (non-hydrogen) atoms. The highest BCUT2D eigenvalue weighted by Gasteiger charge is 2.27. The molecule has 1 heterocycles. The van der Waals surface area contributed by atoms with Gasteiger partial charge in [-0.3, -0.25) is 0 Å². The van der Waals surface area contributed by atoms with Gasteiger partial charge in [-0.1, -0.05) is 12.1 Å². The molecular formula is C17H22N2O2S. The average Bonchev–Trinajstić information content (AvgIpc) is 3.22. The van der Waals surface area contributed by atoms with Crippen molar-refractivity contribution in [2.24, 2.45) is 0 Å². The van der Waals surface area contributed by atoms with Gasteiger partial charge < -0.3 is 14.7 Å². The van der Waals surface area contributed by atoms with Crippen LogP contribution in [-0.4, -0.2) is 23.2 Å². The number of rotatable bonds is 6. The fourth-order valence-electron chi connectivity index (χ4n) is 2.26. The molecule has 0 amide bonds. The first-order chi connectivity index (χ1) is 10.4. The van der Waals surface area contributed by atoms with Gasteiger partial charge in [0.25, 0.3) is 0 Å². The Bertz CT molecular complexity index is 627. The summed E-state index contributed by atoms with van der Waals surface area (Å²) in [6.07, 6.45) is 2.55. The van der Waals surface area contributed by atoms with Crippen LogP contribution in [0.2, 0.25) is 0 Å². The largest absolute Gasteiger partial charge is 0.487 e. The Morgan fingerprint density at radius 2 is 2.00 bits per heavy atom. The summed E-state index contributed by atoms with van der Waals surface area (Å²) in [5, 5.41) is 13.1. The molecule has 0 radical (unpaired) electrons. The maximum atomic E-state index is 9.94. The average molecular weight is 318 g/mol. The van der Waals surface area contributed by atoms with Crippen molar-refractivity contribution in [3.8, 4) is 5.75 Å². The van der Waals surface area contributed by atoms with Crippen LogP contribution in [0.25, 0.3) is 0 Å². The second kappa shape index (κ2) is 5.89. The van der Waals surface area contributed by atoms with Crippen LogP contribution in [-0.2, 0) is 12.2 Å². The first kappa shape index (κ1) is 15.3. The second-order valence-electron chi connectivity index (χ2n) is 6.34. The summed E-state index contributed by atoms with van der Waals surface area (Å²) >= 11 is 1.67. The predicted molar refractivity (Wildman–Crippen MR) is 89.6 cm³/mol. The molecule has 1 aromatic heterocycles. The summed E-state index contributed by atoms with van der Waals surface area (Å²) in [6.45, 7) is 4.02. The van der Waals surface area contributed by atoms with Gasteiger partial charge in [-0.25, -0.2) is 4.98 Å². The van der Waals surface area contributed by atoms with Crippen molar-refractivity contribution in [3.05, 3.63) is 40.9 Å². The quantitative estimate of drug-likeness (QED) is 0.885. The predicted octanol–water partition coefficient (Wildman–Crippen LogP) is 3.55. The minimum absolute atomic E-state index is 0.469. The molecule has 1 fully saturated rings. The minimum atomic E-state index is -0.824. The first-order valence-electron chi connectivity index (χ1n) is 7.56. The Hall–Kier alpha value is -1.59. The van der Waals surface area contributed by atoms with Crippen molar-refractivity contribution >= 4 is 16.5 Å². The maximum absolute atomic E-state index is 9.94. The SMILES string of the molecule is CN(c1nc(COc2ccc(C(C)(C)O)cc2)cs1)C1CC1. The van der Waals surface area contributed by atoms with E-state index >= 15 is 0 Å². The number of ether oxygens (including phenoxy) is 1. The van der Waals surface area contributed by atoms with E-state index in [1.54, 1.807) is 25.2 Å². The Morgan fingerprint density at radius 1 is 1.32 bits per heavy atom. The van der Waals surface area contributed by atoms with Crippen LogP contribution in [0.1, 0.15) is 37.9 Å². The monoisotopic (exact) mass is 318 g/mol. The third-order valence-electron chi connectivity index (χ3n) is 3.88. The van der Waals surface area contributed by atoms with Gasteiger partial charge in [0.05, 0.1) is 11.3 Å². The number of aromatic nitrogens is 1. The molecule has 0 bridgehead atoms. The molecule has 1 aliphatic rings. The third-order valence-corrected chi connectivity index (χ3v) is 4.86. The highest BCUT2D eigenvalue weighted by Crippen LogP contribution is 2.32. The molecular weight excluding hydrogens is 296 g/mol. The van der Waals surface area contributed by atoms with E-state index in [0.717, 1.165) is 22.1 Å². The first-order valence-corrected chi connectivity index (χ1v) is 8.44. The molecule has 0 aliphatic heterocycles. The van der Waals surface area contributed by atoms with Gasteiger partial charge in [-0.2, -0.15) is 0 Å². The molecule has 4 nitrogen and oxygen atoms in total. The van der Waals surface area contributed by atoms with Crippen molar-refractivity contribution in [1.29, 1.82) is 0 Å². The molecule has 2 aromatic rings.